The summed E-state index contributed by atoms with van der Waals surface area (Å²) in [6.07, 6.45) is 9.03. The van der Waals surface area contributed by atoms with Crippen molar-refractivity contribution in [2.45, 2.75) is 6.54 Å². The predicted octanol–water partition coefficient (Wildman–Crippen LogP) is 2.39. The van der Waals surface area contributed by atoms with E-state index in [1.54, 1.807) is 18.5 Å². The van der Waals surface area contributed by atoms with Gasteiger partial charge in [0.1, 0.15) is 5.70 Å². The van der Waals surface area contributed by atoms with Crippen LogP contribution in [0.2, 0.25) is 0 Å². The quantitative estimate of drug-likeness (QED) is 0.876. The lowest BCUT2D eigenvalue weighted by Gasteiger charge is -2.26. The highest BCUT2D eigenvalue weighted by atomic mass is 16.1. The van der Waals surface area contributed by atoms with Crippen molar-refractivity contribution < 1.29 is 4.79 Å². The monoisotopic (exact) mass is 277 g/mol. The van der Waals surface area contributed by atoms with Crippen LogP contribution in [0.4, 0.5) is 0 Å². The van der Waals surface area contributed by atoms with Gasteiger partial charge in [0.05, 0.1) is 0 Å². The molecule has 4 heteroatoms. The van der Waals surface area contributed by atoms with Gasteiger partial charge in [0, 0.05) is 25.1 Å². The zero-order valence-electron chi connectivity index (χ0n) is 11.4. The molecule has 1 aromatic heterocycles. The number of nitrogens with two attached hydrogens (primary N) is 1. The molecule has 1 aliphatic heterocycles. The lowest BCUT2D eigenvalue weighted by molar-refractivity contribution is -0.115. The average Bonchev–Trinajstić information content (AvgIpc) is 2.53. The first kappa shape index (κ1) is 13.1. The summed E-state index contributed by atoms with van der Waals surface area (Å²) in [6, 6.07) is 11.8. The van der Waals surface area contributed by atoms with Gasteiger partial charge in [-0.3, -0.25) is 9.78 Å². The van der Waals surface area contributed by atoms with Gasteiger partial charge in [0.2, 0.25) is 0 Å². The number of nitrogens with zero attached hydrogens (tertiary/aromatic N) is 2. The first-order chi connectivity index (χ1) is 10.2. The summed E-state index contributed by atoms with van der Waals surface area (Å²) >= 11 is 0. The number of carbonyl (C=O) groups excluding carboxylic acids is 1. The standard InChI is InChI=1S/C17H15N3O/c18-17(21)16(11-13-5-8-19-9-6-13)20-10-7-14-3-1-2-4-15(14)12-20/h1-11H,12H2,(H2,18,21). The van der Waals surface area contributed by atoms with Crippen molar-refractivity contribution >= 4 is 18.1 Å². The van der Waals surface area contributed by atoms with Gasteiger partial charge in [-0.2, -0.15) is 0 Å². The summed E-state index contributed by atoms with van der Waals surface area (Å²) in [5.74, 6) is -0.448. The van der Waals surface area contributed by atoms with Gasteiger partial charge in [-0.25, -0.2) is 0 Å². The van der Waals surface area contributed by atoms with Crippen LogP contribution in [0.15, 0.2) is 60.7 Å². The van der Waals surface area contributed by atoms with Gasteiger partial charge in [0.25, 0.3) is 5.91 Å². The maximum absolute atomic E-state index is 11.8. The van der Waals surface area contributed by atoms with Crippen molar-refractivity contribution in [1.82, 2.24) is 9.88 Å². The number of amides is 1. The van der Waals surface area contributed by atoms with Crippen molar-refractivity contribution in [3.8, 4) is 0 Å². The highest BCUT2D eigenvalue weighted by Gasteiger charge is 2.17. The molecule has 1 amide bonds. The fourth-order valence-corrected chi connectivity index (χ4v) is 2.33. The molecule has 4 nitrogen and oxygen atoms in total. The molecule has 0 unspecified atom stereocenters. The van der Waals surface area contributed by atoms with E-state index in [0.717, 1.165) is 5.56 Å². The second-order valence-electron chi connectivity index (χ2n) is 4.82. The number of rotatable bonds is 3. The number of primary amides is 1. The molecule has 0 saturated heterocycles. The van der Waals surface area contributed by atoms with Gasteiger partial charge in [-0.05, 0) is 41.0 Å². The molecule has 1 aromatic carbocycles. The Kier molecular flexibility index (Phi) is 3.51. The van der Waals surface area contributed by atoms with Crippen molar-refractivity contribution in [3.63, 3.8) is 0 Å². The minimum Gasteiger partial charge on any atom is -0.364 e. The van der Waals surface area contributed by atoms with E-state index in [0.29, 0.717) is 12.2 Å². The Balaban J connectivity index is 1.94. The van der Waals surface area contributed by atoms with E-state index in [1.807, 2.05) is 41.4 Å². The summed E-state index contributed by atoms with van der Waals surface area (Å²) in [5.41, 5.74) is 9.23. The molecule has 0 aliphatic carbocycles. The lowest BCUT2D eigenvalue weighted by atomic mass is 10.0. The summed E-state index contributed by atoms with van der Waals surface area (Å²) in [7, 11) is 0. The molecule has 0 spiro atoms. The molecule has 0 radical (unpaired) electrons. The SMILES string of the molecule is NC(=O)C(=Cc1ccncc1)N1C=Cc2ccccc2C1. The van der Waals surface area contributed by atoms with E-state index >= 15 is 0 Å². The van der Waals surface area contributed by atoms with E-state index in [9.17, 15) is 4.79 Å². The molecule has 0 fully saturated rings. The fraction of sp³-hybridized carbons (Fsp3) is 0.0588. The normalized spacial score (nSPS) is 13.9. The number of pyridine rings is 1. The van der Waals surface area contributed by atoms with E-state index in [4.69, 9.17) is 5.73 Å². The minimum absolute atomic E-state index is 0.448. The van der Waals surface area contributed by atoms with Crippen molar-refractivity contribution in [1.29, 1.82) is 0 Å². The first-order valence-electron chi connectivity index (χ1n) is 6.68. The summed E-state index contributed by atoms with van der Waals surface area (Å²) in [6.45, 7) is 0.631. The summed E-state index contributed by atoms with van der Waals surface area (Å²) < 4.78 is 0. The molecule has 2 heterocycles. The summed E-state index contributed by atoms with van der Waals surface area (Å²) in [5, 5.41) is 0. The van der Waals surface area contributed by atoms with Gasteiger partial charge < -0.3 is 10.6 Å². The largest absolute Gasteiger partial charge is 0.364 e. The molecular formula is C17H15N3O. The minimum atomic E-state index is -0.448. The molecule has 2 N–H and O–H groups in total. The second kappa shape index (κ2) is 5.63. The number of benzene rings is 1. The Labute approximate surface area is 123 Å². The number of fused-ring (bicyclic) bond motifs is 1. The molecule has 0 atom stereocenters. The Bertz CT molecular complexity index is 720. The number of hydrogen-bond acceptors (Lipinski definition) is 3. The van der Waals surface area contributed by atoms with Crippen molar-refractivity contribution in [2.75, 3.05) is 0 Å². The maximum Gasteiger partial charge on any atom is 0.265 e. The Morgan fingerprint density at radius 1 is 1.19 bits per heavy atom. The van der Waals surface area contributed by atoms with Gasteiger partial charge in [-0.1, -0.05) is 24.3 Å². The molecule has 0 bridgehead atoms. The van der Waals surface area contributed by atoms with Crippen molar-refractivity contribution in [2.24, 2.45) is 5.73 Å². The van der Waals surface area contributed by atoms with Crippen LogP contribution >= 0.6 is 0 Å². The second-order valence-corrected chi connectivity index (χ2v) is 4.82. The lowest BCUT2D eigenvalue weighted by Crippen LogP contribution is -2.28. The third-order valence-electron chi connectivity index (χ3n) is 3.40. The van der Waals surface area contributed by atoms with Gasteiger partial charge in [0.15, 0.2) is 0 Å². The van der Waals surface area contributed by atoms with Crippen LogP contribution in [0.5, 0.6) is 0 Å². The first-order valence-corrected chi connectivity index (χ1v) is 6.68. The molecule has 2 aromatic rings. The Morgan fingerprint density at radius 2 is 1.95 bits per heavy atom. The van der Waals surface area contributed by atoms with E-state index in [-0.39, 0.29) is 0 Å². The maximum atomic E-state index is 11.8. The fourth-order valence-electron chi connectivity index (χ4n) is 2.33. The van der Waals surface area contributed by atoms with Crippen molar-refractivity contribution in [3.05, 3.63) is 77.4 Å². The molecular weight excluding hydrogens is 262 g/mol. The third-order valence-corrected chi connectivity index (χ3v) is 3.40. The van der Waals surface area contributed by atoms with Crippen LogP contribution in [-0.2, 0) is 11.3 Å². The number of aromatic nitrogens is 1. The third kappa shape index (κ3) is 2.84. The molecule has 3 rings (SSSR count). The number of hydrogen-bond donors (Lipinski definition) is 1. The summed E-state index contributed by atoms with van der Waals surface area (Å²) in [4.78, 5) is 17.6. The highest BCUT2D eigenvalue weighted by molar-refractivity contribution is 5.96. The van der Waals surface area contributed by atoms with Crippen LogP contribution in [-0.4, -0.2) is 15.8 Å². The predicted molar refractivity (Wildman–Crippen MR) is 82.4 cm³/mol. The van der Waals surface area contributed by atoms with Gasteiger partial charge in [-0.15, -0.1) is 0 Å². The van der Waals surface area contributed by atoms with Crippen LogP contribution < -0.4 is 5.73 Å². The molecule has 1 aliphatic rings. The zero-order chi connectivity index (χ0) is 14.7. The van der Waals surface area contributed by atoms with Crippen LogP contribution in [0.1, 0.15) is 16.7 Å². The molecule has 0 saturated carbocycles. The average molecular weight is 277 g/mol. The Hall–Kier alpha value is -2.88. The molecule has 21 heavy (non-hydrogen) atoms. The zero-order valence-corrected chi connectivity index (χ0v) is 11.4. The highest BCUT2D eigenvalue weighted by Crippen LogP contribution is 2.23. The topological polar surface area (TPSA) is 59.2 Å². The van der Waals surface area contributed by atoms with E-state index in [2.05, 4.69) is 17.1 Å². The van der Waals surface area contributed by atoms with E-state index < -0.39 is 5.91 Å². The molecule has 104 valence electrons. The number of carbonyl (C=O) groups is 1. The smallest absolute Gasteiger partial charge is 0.265 e. The van der Waals surface area contributed by atoms with E-state index in [1.165, 1.54) is 11.1 Å². The van der Waals surface area contributed by atoms with Crippen LogP contribution in [0.3, 0.4) is 0 Å². The van der Waals surface area contributed by atoms with Crippen LogP contribution in [0, 0.1) is 0 Å². The van der Waals surface area contributed by atoms with Crippen LogP contribution in [0.25, 0.3) is 12.2 Å². The Morgan fingerprint density at radius 3 is 2.71 bits per heavy atom. The van der Waals surface area contributed by atoms with Gasteiger partial charge >= 0.3 is 0 Å².